The molecule has 90 valence electrons. The molecule has 2 N–H and O–H groups in total. The average Bonchev–Trinajstić information content (AvgIpc) is 2.58. The maximum absolute atomic E-state index is 12.2. The Balaban J connectivity index is 2.58. The van der Waals surface area contributed by atoms with E-state index in [0.29, 0.717) is 6.54 Å². The van der Waals surface area contributed by atoms with Crippen molar-refractivity contribution >= 4 is 0 Å². The molecule has 0 spiro atoms. The summed E-state index contributed by atoms with van der Waals surface area (Å²) in [7, 11) is 1.84. The Bertz CT molecular complexity index is 581. The van der Waals surface area contributed by atoms with Crippen LogP contribution in [0.2, 0.25) is 0 Å². The number of para-hydroxylation sites is 1. The zero-order valence-electron chi connectivity index (χ0n) is 10.4. The number of hydrogen-bond acceptors (Lipinski definition) is 2. The minimum absolute atomic E-state index is 0.0196. The molecule has 0 aliphatic rings. The van der Waals surface area contributed by atoms with Crippen LogP contribution in [0.4, 0.5) is 0 Å². The Morgan fingerprint density at radius 2 is 2.00 bits per heavy atom. The van der Waals surface area contributed by atoms with Crippen molar-refractivity contribution in [3.63, 3.8) is 0 Å². The van der Waals surface area contributed by atoms with Gasteiger partial charge in [0.25, 0.3) is 5.56 Å². The minimum atomic E-state index is 0.0196. The maximum Gasteiger partial charge on any atom is 0.275 e. The van der Waals surface area contributed by atoms with E-state index < -0.39 is 0 Å². The fourth-order valence-electron chi connectivity index (χ4n) is 1.95. The molecule has 2 aromatic rings. The Hall–Kier alpha value is -1.81. The quantitative estimate of drug-likeness (QED) is 0.841. The molecule has 4 nitrogen and oxygen atoms in total. The Labute approximate surface area is 100 Å². The van der Waals surface area contributed by atoms with Crippen LogP contribution in [-0.2, 0) is 6.54 Å². The molecular weight excluding hydrogens is 214 g/mol. The fraction of sp³-hybridized carbons (Fsp3) is 0.308. The van der Waals surface area contributed by atoms with Gasteiger partial charge in [-0.25, -0.2) is 4.68 Å². The van der Waals surface area contributed by atoms with Gasteiger partial charge in [0, 0.05) is 12.2 Å². The van der Waals surface area contributed by atoms with Gasteiger partial charge in [-0.3, -0.25) is 9.89 Å². The molecule has 0 saturated heterocycles. The van der Waals surface area contributed by atoms with Crippen molar-refractivity contribution in [2.75, 3.05) is 7.05 Å². The summed E-state index contributed by atoms with van der Waals surface area (Å²) in [5.74, 6) is 0. The lowest BCUT2D eigenvalue weighted by Crippen LogP contribution is -2.21. The lowest BCUT2D eigenvalue weighted by molar-refractivity contribution is 0.800. The first-order chi connectivity index (χ1) is 8.15. The van der Waals surface area contributed by atoms with Crippen LogP contribution in [0.5, 0.6) is 0 Å². The molecule has 0 fully saturated rings. The molecule has 0 aliphatic heterocycles. The van der Waals surface area contributed by atoms with Gasteiger partial charge in [-0.15, -0.1) is 0 Å². The summed E-state index contributed by atoms with van der Waals surface area (Å²) in [6, 6.07) is 7.84. The van der Waals surface area contributed by atoms with Crippen LogP contribution in [0.1, 0.15) is 16.8 Å². The molecule has 0 radical (unpaired) electrons. The van der Waals surface area contributed by atoms with Gasteiger partial charge in [-0.2, -0.15) is 0 Å². The molecule has 1 aromatic carbocycles. The van der Waals surface area contributed by atoms with Crippen LogP contribution in [0.3, 0.4) is 0 Å². The molecular formula is C13H17N3O. The number of aromatic amines is 1. The standard InChI is InChI=1S/C13H17N3O/c1-9-6-4-5-7-12(9)16-13(17)11(8-14-3)10(2)15-16/h4-7,14-15H,8H2,1-3H3. The van der Waals surface area contributed by atoms with Gasteiger partial charge in [0.2, 0.25) is 0 Å². The van der Waals surface area contributed by atoms with Gasteiger partial charge < -0.3 is 5.32 Å². The monoisotopic (exact) mass is 231 g/mol. The smallest absolute Gasteiger partial charge is 0.275 e. The zero-order chi connectivity index (χ0) is 12.4. The molecule has 0 unspecified atom stereocenters. The van der Waals surface area contributed by atoms with Gasteiger partial charge in [0.05, 0.1) is 11.3 Å². The van der Waals surface area contributed by atoms with Crippen molar-refractivity contribution in [1.82, 2.24) is 15.1 Å². The van der Waals surface area contributed by atoms with Crippen molar-refractivity contribution in [1.29, 1.82) is 0 Å². The van der Waals surface area contributed by atoms with Crippen LogP contribution in [0.25, 0.3) is 5.69 Å². The highest BCUT2D eigenvalue weighted by Crippen LogP contribution is 2.11. The second-order valence-electron chi connectivity index (χ2n) is 4.17. The van der Waals surface area contributed by atoms with E-state index in [9.17, 15) is 4.79 Å². The lowest BCUT2D eigenvalue weighted by Gasteiger charge is -2.04. The van der Waals surface area contributed by atoms with Crippen LogP contribution in [-0.4, -0.2) is 16.8 Å². The summed E-state index contributed by atoms with van der Waals surface area (Å²) in [6.45, 7) is 4.50. The van der Waals surface area contributed by atoms with E-state index in [1.165, 1.54) is 0 Å². The number of benzene rings is 1. The molecule has 4 heteroatoms. The van der Waals surface area contributed by atoms with Crippen molar-refractivity contribution in [2.24, 2.45) is 0 Å². The molecule has 2 rings (SSSR count). The summed E-state index contributed by atoms with van der Waals surface area (Å²) in [5.41, 5.74) is 3.70. The highest BCUT2D eigenvalue weighted by atomic mass is 16.1. The highest BCUT2D eigenvalue weighted by Gasteiger charge is 2.12. The second kappa shape index (κ2) is 4.59. The largest absolute Gasteiger partial charge is 0.315 e. The van der Waals surface area contributed by atoms with Crippen molar-refractivity contribution in [3.8, 4) is 5.69 Å². The predicted molar refractivity (Wildman–Crippen MR) is 68.6 cm³/mol. The Morgan fingerprint density at radius 1 is 1.29 bits per heavy atom. The topological polar surface area (TPSA) is 49.8 Å². The number of nitrogens with one attached hydrogen (secondary N) is 2. The van der Waals surface area contributed by atoms with Gasteiger partial charge in [0.1, 0.15) is 0 Å². The maximum atomic E-state index is 12.2. The molecule has 0 saturated carbocycles. The van der Waals surface area contributed by atoms with E-state index in [-0.39, 0.29) is 5.56 Å². The zero-order valence-corrected chi connectivity index (χ0v) is 10.4. The van der Waals surface area contributed by atoms with Crippen LogP contribution >= 0.6 is 0 Å². The predicted octanol–water partition coefficient (Wildman–Crippen LogP) is 1.50. The lowest BCUT2D eigenvalue weighted by atomic mass is 10.2. The number of aromatic nitrogens is 2. The summed E-state index contributed by atoms with van der Waals surface area (Å²) in [6.07, 6.45) is 0. The molecule has 17 heavy (non-hydrogen) atoms. The first-order valence-electron chi connectivity index (χ1n) is 5.66. The Kier molecular flexibility index (Phi) is 3.15. The average molecular weight is 231 g/mol. The van der Waals surface area contributed by atoms with Crippen molar-refractivity contribution in [3.05, 3.63) is 51.4 Å². The Morgan fingerprint density at radius 3 is 2.65 bits per heavy atom. The normalized spacial score (nSPS) is 10.8. The number of nitrogens with zero attached hydrogens (tertiary/aromatic N) is 1. The highest BCUT2D eigenvalue weighted by molar-refractivity contribution is 5.40. The summed E-state index contributed by atoms with van der Waals surface area (Å²) < 4.78 is 1.61. The molecule has 1 aromatic heterocycles. The van der Waals surface area contributed by atoms with E-state index in [1.54, 1.807) is 4.68 Å². The third-order valence-corrected chi connectivity index (χ3v) is 2.90. The van der Waals surface area contributed by atoms with Crippen LogP contribution in [0, 0.1) is 13.8 Å². The van der Waals surface area contributed by atoms with Crippen LogP contribution in [0.15, 0.2) is 29.1 Å². The number of H-pyrrole nitrogens is 1. The van der Waals surface area contributed by atoms with Crippen LogP contribution < -0.4 is 10.9 Å². The van der Waals surface area contributed by atoms with Gasteiger partial charge in [-0.05, 0) is 32.5 Å². The summed E-state index contributed by atoms with van der Waals surface area (Å²) in [4.78, 5) is 12.2. The first-order valence-corrected chi connectivity index (χ1v) is 5.66. The fourth-order valence-corrected chi connectivity index (χ4v) is 1.95. The number of rotatable bonds is 3. The van der Waals surface area contributed by atoms with Crippen molar-refractivity contribution < 1.29 is 0 Å². The van der Waals surface area contributed by atoms with E-state index in [2.05, 4.69) is 10.4 Å². The number of hydrogen-bond donors (Lipinski definition) is 2. The summed E-state index contributed by atoms with van der Waals surface area (Å²) >= 11 is 0. The minimum Gasteiger partial charge on any atom is -0.315 e. The van der Waals surface area contributed by atoms with E-state index in [0.717, 1.165) is 22.5 Å². The van der Waals surface area contributed by atoms with Gasteiger partial charge in [0.15, 0.2) is 0 Å². The van der Waals surface area contributed by atoms with Crippen molar-refractivity contribution in [2.45, 2.75) is 20.4 Å². The number of aryl methyl sites for hydroxylation is 2. The molecule has 0 bridgehead atoms. The molecule has 0 amide bonds. The molecule has 0 atom stereocenters. The van der Waals surface area contributed by atoms with E-state index >= 15 is 0 Å². The SMILES string of the molecule is CNCc1c(C)[nH]n(-c2ccccc2C)c1=O. The van der Waals surface area contributed by atoms with Gasteiger partial charge >= 0.3 is 0 Å². The molecule has 0 aliphatic carbocycles. The van der Waals surface area contributed by atoms with E-state index in [4.69, 9.17) is 0 Å². The second-order valence-corrected chi connectivity index (χ2v) is 4.17. The molecule has 1 heterocycles. The van der Waals surface area contributed by atoms with Gasteiger partial charge in [-0.1, -0.05) is 18.2 Å². The van der Waals surface area contributed by atoms with E-state index in [1.807, 2.05) is 45.2 Å². The first kappa shape index (κ1) is 11.7. The third-order valence-electron chi connectivity index (χ3n) is 2.90. The third kappa shape index (κ3) is 2.03. The summed E-state index contributed by atoms with van der Waals surface area (Å²) in [5, 5.41) is 6.13.